The molecule has 1 heterocycles. The minimum atomic E-state index is -2.18. The van der Waals surface area contributed by atoms with Crippen LogP contribution in [0.15, 0.2) is 34.6 Å². The molecular formula is C9H9NOS. The summed E-state index contributed by atoms with van der Waals surface area (Å²) in [6.45, 7) is 0. The zero-order valence-corrected chi connectivity index (χ0v) is 7.25. The minimum absolute atomic E-state index is 0.826. The van der Waals surface area contributed by atoms with Crippen LogP contribution in [0.2, 0.25) is 0 Å². The van der Waals surface area contributed by atoms with Gasteiger partial charge in [0.2, 0.25) is 0 Å². The van der Waals surface area contributed by atoms with Crippen LogP contribution in [0.1, 0.15) is 5.56 Å². The third-order valence-electron chi connectivity index (χ3n) is 1.91. The van der Waals surface area contributed by atoms with E-state index in [-0.39, 0.29) is 0 Å². The van der Waals surface area contributed by atoms with Crippen molar-refractivity contribution in [2.75, 3.05) is 0 Å². The van der Waals surface area contributed by atoms with Crippen LogP contribution in [0.25, 0.3) is 6.08 Å². The third-order valence-corrected chi connectivity index (χ3v) is 3.92. The number of benzene rings is 1. The Balaban J connectivity index is 2.81. The Bertz CT molecular complexity index is 453. The van der Waals surface area contributed by atoms with Crippen molar-refractivity contribution < 1.29 is 4.21 Å². The molecule has 12 heavy (non-hydrogen) atoms. The van der Waals surface area contributed by atoms with E-state index in [1.807, 2.05) is 30.3 Å². The molecule has 3 heteroatoms. The van der Waals surface area contributed by atoms with Crippen LogP contribution in [0.4, 0.5) is 0 Å². The first-order valence-electron chi connectivity index (χ1n) is 3.62. The largest absolute Gasteiger partial charge is 0.301 e. The van der Waals surface area contributed by atoms with Crippen molar-refractivity contribution in [2.24, 2.45) is 5.73 Å². The van der Waals surface area contributed by atoms with Gasteiger partial charge in [-0.1, -0.05) is 18.2 Å². The van der Waals surface area contributed by atoms with E-state index in [1.54, 1.807) is 5.41 Å². The van der Waals surface area contributed by atoms with E-state index in [9.17, 15) is 4.21 Å². The molecule has 1 aliphatic heterocycles. The fraction of sp³-hybridized carbons (Fsp3) is 0. The second kappa shape index (κ2) is 2.47. The predicted molar refractivity (Wildman–Crippen MR) is 52.1 cm³/mol. The highest BCUT2D eigenvalue weighted by atomic mass is 32.2. The quantitative estimate of drug-likeness (QED) is 0.604. The Morgan fingerprint density at radius 1 is 1.33 bits per heavy atom. The summed E-state index contributed by atoms with van der Waals surface area (Å²) in [6, 6.07) is 7.57. The van der Waals surface area contributed by atoms with Crippen molar-refractivity contribution in [1.29, 1.82) is 0 Å². The second-order valence-electron chi connectivity index (χ2n) is 2.62. The van der Waals surface area contributed by atoms with Gasteiger partial charge in [0.1, 0.15) is 0 Å². The molecule has 0 saturated carbocycles. The van der Waals surface area contributed by atoms with Crippen molar-refractivity contribution in [3.63, 3.8) is 0 Å². The van der Waals surface area contributed by atoms with E-state index in [2.05, 4.69) is 0 Å². The first-order chi connectivity index (χ1) is 5.76. The molecular weight excluding hydrogens is 170 g/mol. The first kappa shape index (κ1) is 7.58. The maximum atomic E-state index is 11.9. The SMILES string of the molecule is NC=S1(=O)C=Cc2ccccc21. The molecule has 1 aromatic carbocycles. The molecule has 1 aliphatic rings. The molecule has 0 aromatic heterocycles. The van der Waals surface area contributed by atoms with Crippen LogP contribution >= 0.6 is 0 Å². The number of hydrogen-bond donors (Lipinski definition) is 1. The standard InChI is InChI=1S/C9H9NOS/c10-7-12(11)6-5-8-3-1-2-4-9(8)12/h1-7H,10H2. The Labute approximate surface area is 71.7 Å². The molecule has 0 saturated heterocycles. The average Bonchev–Trinajstić information content (AvgIpc) is 2.46. The topological polar surface area (TPSA) is 43.1 Å². The molecule has 0 spiro atoms. The van der Waals surface area contributed by atoms with Gasteiger partial charge >= 0.3 is 0 Å². The molecule has 0 radical (unpaired) electrons. The molecule has 2 rings (SSSR count). The molecule has 0 amide bonds. The minimum Gasteiger partial charge on any atom is -0.301 e. The highest BCUT2D eigenvalue weighted by Crippen LogP contribution is 2.26. The van der Waals surface area contributed by atoms with E-state index >= 15 is 0 Å². The van der Waals surface area contributed by atoms with E-state index in [1.165, 1.54) is 5.49 Å². The first-order valence-corrected chi connectivity index (χ1v) is 5.31. The summed E-state index contributed by atoms with van der Waals surface area (Å²) in [4.78, 5) is 0.826. The Morgan fingerprint density at radius 2 is 2.08 bits per heavy atom. The molecule has 2 N–H and O–H groups in total. The van der Waals surface area contributed by atoms with Gasteiger partial charge in [0.15, 0.2) is 0 Å². The third kappa shape index (κ3) is 0.906. The average molecular weight is 179 g/mol. The number of hydrogen-bond acceptors (Lipinski definition) is 1. The van der Waals surface area contributed by atoms with Crippen LogP contribution in [0.5, 0.6) is 0 Å². The number of nitrogens with two attached hydrogens (primary N) is 1. The Kier molecular flexibility index (Phi) is 1.56. The van der Waals surface area contributed by atoms with E-state index < -0.39 is 9.52 Å². The molecule has 0 aliphatic carbocycles. The van der Waals surface area contributed by atoms with Crippen molar-refractivity contribution in [3.05, 3.63) is 35.2 Å². The van der Waals surface area contributed by atoms with Crippen LogP contribution in [0, 0.1) is 0 Å². The van der Waals surface area contributed by atoms with Crippen LogP contribution in [-0.4, -0.2) is 9.70 Å². The highest BCUT2D eigenvalue weighted by Gasteiger charge is 2.15. The van der Waals surface area contributed by atoms with Crippen molar-refractivity contribution in [1.82, 2.24) is 0 Å². The van der Waals surface area contributed by atoms with Gasteiger partial charge in [-0.25, -0.2) is 0 Å². The maximum Gasteiger partial charge on any atom is 0.0432 e. The normalized spacial score (nSPS) is 25.4. The van der Waals surface area contributed by atoms with Gasteiger partial charge in [0.25, 0.3) is 0 Å². The molecule has 1 atom stereocenters. The van der Waals surface area contributed by atoms with Crippen LogP contribution in [-0.2, 0) is 9.52 Å². The summed E-state index contributed by atoms with van der Waals surface area (Å²) in [5.41, 5.74) is 7.61. The van der Waals surface area contributed by atoms with Gasteiger partial charge < -0.3 is 5.73 Å². The monoisotopic (exact) mass is 179 g/mol. The second-order valence-corrected chi connectivity index (χ2v) is 4.90. The summed E-state index contributed by atoms with van der Waals surface area (Å²) in [7, 11) is -2.18. The van der Waals surface area contributed by atoms with Crippen LogP contribution in [0.3, 0.4) is 0 Å². The van der Waals surface area contributed by atoms with Crippen LogP contribution < -0.4 is 5.73 Å². The predicted octanol–water partition coefficient (Wildman–Crippen LogP) is 1.03. The lowest BCUT2D eigenvalue weighted by Gasteiger charge is -2.00. The maximum absolute atomic E-state index is 11.9. The summed E-state index contributed by atoms with van der Waals surface area (Å²) in [5, 5.41) is 1.66. The van der Waals surface area contributed by atoms with E-state index in [4.69, 9.17) is 5.73 Å². The van der Waals surface area contributed by atoms with E-state index in [0.717, 1.165) is 10.5 Å². The van der Waals surface area contributed by atoms with Gasteiger partial charge in [-0.15, -0.1) is 0 Å². The van der Waals surface area contributed by atoms with Gasteiger partial charge in [-0.3, -0.25) is 4.21 Å². The Hall–Kier alpha value is -1.06. The smallest absolute Gasteiger partial charge is 0.0432 e. The molecule has 2 nitrogen and oxygen atoms in total. The van der Waals surface area contributed by atoms with Gasteiger partial charge in [-0.05, 0) is 17.7 Å². The highest BCUT2D eigenvalue weighted by molar-refractivity contribution is 8.04. The lowest BCUT2D eigenvalue weighted by atomic mass is 10.2. The molecule has 1 unspecified atom stereocenters. The number of fused-ring (bicyclic) bond motifs is 1. The van der Waals surface area contributed by atoms with Gasteiger partial charge in [-0.2, -0.15) is 0 Å². The number of rotatable bonds is 0. The summed E-state index contributed by atoms with van der Waals surface area (Å²) in [5.74, 6) is 0. The van der Waals surface area contributed by atoms with Crippen molar-refractivity contribution in [3.8, 4) is 0 Å². The fourth-order valence-corrected chi connectivity index (χ4v) is 2.80. The summed E-state index contributed by atoms with van der Waals surface area (Å²) >= 11 is 0. The van der Waals surface area contributed by atoms with E-state index in [0.29, 0.717) is 0 Å². The van der Waals surface area contributed by atoms with Gasteiger partial charge in [0, 0.05) is 25.3 Å². The van der Waals surface area contributed by atoms with Crippen molar-refractivity contribution >= 4 is 21.1 Å². The molecule has 0 bridgehead atoms. The molecule has 1 aromatic rings. The molecule has 62 valence electrons. The lowest BCUT2D eigenvalue weighted by molar-refractivity contribution is 0.687. The van der Waals surface area contributed by atoms with Crippen molar-refractivity contribution in [2.45, 2.75) is 4.90 Å². The Morgan fingerprint density at radius 3 is 2.83 bits per heavy atom. The fourth-order valence-electron chi connectivity index (χ4n) is 1.28. The zero-order valence-electron chi connectivity index (χ0n) is 6.44. The summed E-state index contributed by atoms with van der Waals surface area (Å²) in [6.07, 6.45) is 1.85. The zero-order chi connectivity index (χ0) is 8.60. The molecule has 0 fully saturated rings. The lowest BCUT2D eigenvalue weighted by Crippen LogP contribution is -2.05. The van der Waals surface area contributed by atoms with Gasteiger partial charge in [0.05, 0.1) is 0 Å². The summed E-state index contributed by atoms with van der Waals surface area (Å²) < 4.78 is 11.9.